The van der Waals surface area contributed by atoms with Gasteiger partial charge in [0.05, 0.1) is 25.4 Å². The number of carbonyl (C=O) groups excluding carboxylic acids is 1. The van der Waals surface area contributed by atoms with Gasteiger partial charge in [0.25, 0.3) is 0 Å². The number of hydrogen-bond donors (Lipinski definition) is 3. The second kappa shape index (κ2) is 7.96. The minimum Gasteiger partial charge on any atom is -0.481 e. The number of nitrogens with zero attached hydrogens (tertiary/aromatic N) is 1. The lowest BCUT2D eigenvalue weighted by Gasteiger charge is -2.36. The highest BCUT2D eigenvalue weighted by atomic mass is 16.5. The fourth-order valence-electron chi connectivity index (χ4n) is 2.02. The van der Waals surface area contributed by atoms with Crippen molar-refractivity contribution in [3.63, 3.8) is 0 Å². The number of carboxylic acids is 1. The number of aliphatic carboxylic acids is 1. The highest BCUT2D eigenvalue weighted by Crippen LogP contribution is 2.10. The topological polar surface area (TPSA) is 99.1 Å². The van der Waals surface area contributed by atoms with E-state index in [1.165, 1.54) is 0 Å². The number of morpholine rings is 1. The average molecular weight is 274 g/mol. The number of aliphatic hydroxyl groups is 1. The van der Waals surface area contributed by atoms with Gasteiger partial charge in [-0.25, -0.2) is 4.79 Å². The Morgan fingerprint density at radius 3 is 2.74 bits per heavy atom. The number of hydrogen-bond acceptors (Lipinski definition) is 4. The van der Waals surface area contributed by atoms with Crippen LogP contribution in [0.25, 0.3) is 0 Å². The molecule has 0 aliphatic carbocycles. The molecule has 0 aromatic rings. The molecule has 1 fully saturated rings. The molecule has 19 heavy (non-hydrogen) atoms. The Morgan fingerprint density at radius 1 is 1.37 bits per heavy atom. The summed E-state index contributed by atoms with van der Waals surface area (Å²) >= 11 is 0. The van der Waals surface area contributed by atoms with Crippen LogP contribution in [-0.2, 0) is 9.53 Å². The molecule has 0 saturated carbocycles. The molecule has 1 aliphatic heterocycles. The van der Waals surface area contributed by atoms with Crippen molar-refractivity contribution in [3.8, 4) is 0 Å². The molecule has 3 N–H and O–H groups in total. The maximum Gasteiger partial charge on any atom is 0.317 e. The zero-order valence-corrected chi connectivity index (χ0v) is 11.2. The SMILES string of the molecule is CC1CN(C(=O)NCCCCC(=O)O)CC(CO)O1. The van der Waals surface area contributed by atoms with Gasteiger partial charge in [-0.3, -0.25) is 4.79 Å². The number of unbranched alkanes of at least 4 members (excludes halogenated alkanes) is 1. The molecule has 2 atom stereocenters. The molecule has 1 saturated heterocycles. The van der Waals surface area contributed by atoms with E-state index in [1.54, 1.807) is 4.90 Å². The molecular formula is C12H22N2O5. The lowest BCUT2D eigenvalue weighted by molar-refractivity contribution is -0.137. The van der Waals surface area contributed by atoms with Gasteiger partial charge in [0, 0.05) is 19.5 Å². The summed E-state index contributed by atoms with van der Waals surface area (Å²) < 4.78 is 5.45. The van der Waals surface area contributed by atoms with Gasteiger partial charge in [-0.1, -0.05) is 0 Å². The summed E-state index contributed by atoms with van der Waals surface area (Å²) in [4.78, 5) is 23.8. The number of rotatable bonds is 6. The maximum absolute atomic E-state index is 11.9. The van der Waals surface area contributed by atoms with E-state index in [0.29, 0.717) is 32.5 Å². The molecule has 0 radical (unpaired) electrons. The largest absolute Gasteiger partial charge is 0.481 e. The second-order valence-electron chi connectivity index (χ2n) is 4.74. The van der Waals surface area contributed by atoms with E-state index in [-0.39, 0.29) is 31.3 Å². The molecule has 7 heteroatoms. The molecule has 2 amide bonds. The zero-order valence-electron chi connectivity index (χ0n) is 11.2. The minimum atomic E-state index is -0.820. The molecule has 0 aromatic heterocycles. The van der Waals surface area contributed by atoms with E-state index >= 15 is 0 Å². The zero-order chi connectivity index (χ0) is 14.3. The smallest absolute Gasteiger partial charge is 0.317 e. The molecular weight excluding hydrogens is 252 g/mol. The normalized spacial score (nSPS) is 23.2. The first kappa shape index (κ1) is 15.7. The van der Waals surface area contributed by atoms with Gasteiger partial charge < -0.3 is 25.2 Å². The summed E-state index contributed by atoms with van der Waals surface area (Å²) in [5.41, 5.74) is 0. The highest BCUT2D eigenvalue weighted by molar-refractivity contribution is 5.74. The van der Waals surface area contributed by atoms with Gasteiger partial charge in [-0.15, -0.1) is 0 Å². The number of carboxylic acid groups (broad SMARTS) is 1. The van der Waals surface area contributed by atoms with Crippen molar-refractivity contribution < 1.29 is 24.5 Å². The Bertz CT molecular complexity index is 310. The molecule has 1 rings (SSSR count). The third-order valence-corrected chi connectivity index (χ3v) is 2.91. The minimum absolute atomic E-state index is 0.0938. The number of ether oxygens (including phenoxy) is 1. The fourth-order valence-corrected chi connectivity index (χ4v) is 2.02. The van der Waals surface area contributed by atoms with E-state index in [2.05, 4.69) is 5.32 Å². The summed E-state index contributed by atoms with van der Waals surface area (Å²) in [5, 5.41) is 20.3. The second-order valence-corrected chi connectivity index (χ2v) is 4.74. The predicted molar refractivity (Wildman–Crippen MR) is 67.9 cm³/mol. The van der Waals surface area contributed by atoms with E-state index < -0.39 is 5.97 Å². The average Bonchev–Trinajstić information content (AvgIpc) is 2.36. The standard InChI is InChI=1S/C12H22N2O5/c1-9-6-14(7-10(8-15)19-9)12(18)13-5-3-2-4-11(16)17/h9-10,15H,2-8H2,1H3,(H,13,18)(H,16,17). The summed E-state index contributed by atoms with van der Waals surface area (Å²) in [6.07, 6.45) is 0.887. The van der Waals surface area contributed by atoms with E-state index in [9.17, 15) is 9.59 Å². The van der Waals surface area contributed by atoms with Gasteiger partial charge in [0.1, 0.15) is 0 Å². The molecule has 2 unspecified atom stereocenters. The van der Waals surface area contributed by atoms with E-state index in [4.69, 9.17) is 14.9 Å². The molecule has 0 spiro atoms. The van der Waals surface area contributed by atoms with Crippen molar-refractivity contribution in [1.82, 2.24) is 10.2 Å². The Hall–Kier alpha value is -1.34. The lowest BCUT2D eigenvalue weighted by Crippen LogP contribution is -2.53. The van der Waals surface area contributed by atoms with Crippen molar-refractivity contribution in [2.45, 2.75) is 38.4 Å². The Balaban J connectivity index is 2.23. The molecule has 110 valence electrons. The first-order valence-electron chi connectivity index (χ1n) is 6.53. The number of amides is 2. The van der Waals surface area contributed by atoms with E-state index in [1.807, 2.05) is 6.92 Å². The van der Waals surface area contributed by atoms with Crippen LogP contribution in [0.2, 0.25) is 0 Å². The number of aliphatic hydroxyl groups excluding tert-OH is 1. The summed E-state index contributed by atoms with van der Waals surface area (Å²) in [6, 6.07) is -0.191. The monoisotopic (exact) mass is 274 g/mol. The lowest BCUT2D eigenvalue weighted by atomic mass is 10.2. The van der Waals surface area contributed by atoms with Crippen LogP contribution in [-0.4, -0.2) is 65.6 Å². The van der Waals surface area contributed by atoms with Crippen LogP contribution in [0.1, 0.15) is 26.2 Å². The van der Waals surface area contributed by atoms with Gasteiger partial charge in [-0.05, 0) is 19.8 Å². The fraction of sp³-hybridized carbons (Fsp3) is 0.833. The molecule has 1 heterocycles. The van der Waals surface area contributed by atoms with Crippen molar-refractivity contribution in [2.75, 3.05) is 26.2 Å². The first-order chi connectivity index (χ1) is 9.02. The Labute approximate surface area is 112 Å². The van der Waals surface area contributed by atoms with Crippen molar-refractivity contribution in [1.29, 1.82) is 0 Å². The van der Waals surface area contributed by atoms with Gasteiger partial charge >= 0.3 is 12.0 Å². The Morgan fingerprint density at radius 2 is 2.11 bits per heavy atom. The third-order valence-electron chi connectivity index (χ3n) is 2.91. The number of nitrogens with one attached hydrogen (secondary N) is 1. The number of urea groups is 1. The van der Waals surface area contributed by atoms with Crippen LogP contribution in [0.15, 0.2) is 0 Å². The molecule has 7 nitrogen and oxygen atoms in total. The predicted octanol–water partition coefficient (Wildman–Crippen LogP) is 0.0325. The third kappa shape index (κ3) is 5.89. The molecule has 1 aliphatic rings. The van der Waals surface area contributed by atoms with Gasteiger partial charge in [0.2, 0.25) is 0 Å². The first-order valence-corrected chi connectivity index (χ1v) is 6.53. The van der Waals surface area contributed by atoms with Crippen molar-refractivity contribution in [3.05, 3.63) is 0 Å². The maximum atomic E-state index is 11.9. The van der Waals surface area contributed by atoms with Crippen LogP contribution >= 0.6 is 0 Å². The van der Waals surface area contributed by atoms with Crippen LogP contribution < -0.4 is 5.32 Å². The van der Waals surface area contributed by atoms with Gasteiger partial charge in [-0.2, -0.15) is 0 Å². The quantitative estimate of drug-likeness (QED) is 0.594. The van der Waals surface area contributed by atoms with Crippen LogP contribution in [0.5, 0.6) is 0 Å². The number of carbonyl (C=O) groups is 2. The molecule has 0 bridgehead atoms. The summed E-state index contributed by atoms with van der Waals surface area (Å²) in [7, 11) is 0. The molecule has 0 aromatic carbocycles. The van der Waals surface area contributed by atoms with Crippen LogP contribution in [0, 0.1) is 0 Å². The highest BCUT2D eigenvalue weighted by Gasteiger charge is 2.27. The van der Waals surface area contributed by atoms with Gasteiger partial charge in [0.15, 0.2) is 0 Å². The van der Waals surface area contributed by atoms with Crippen LogP contribution in [0.4, 0.5) is 4.79 Å². The Kier molecular flexibility index (Phi) is 6.58. The van der Waals surface area contributed by atoms with Crippen LogP contribution in [0.3, 0.4) is 0 Å². The summed E-state index contributed by atoms with van der Waals surface area (Å²) in [6.45, 7) is 3.09. The van der Waals surface area contributed by atoms with Crippen molar-refractivity contribution in [2.24, 2.45) is 0 Å². The summed E-state index contributed by atoms with van der Waals surface area (Å²) in [5.74, 6) is -0.820. The van der Waals surface area contributed by atoms with E-state index in [0.717, 1.165) is 0 Å². The van der Waals surface area contributed by atoms with Crippen molar-refractivity contribution >= 4 is 12.0 Å².